The second kappa shape index (κ2) is 6.75. The van der Waals surface area contributed by atoms with E-state index in [-0.39, 0.29) is 12.3 Å². The fourth-order valence-corrected chi connectivity index (χ4v) is 2.48. The summed E-state index contributed by atoms with van der Waals surface area (Å²) in [5.74, 6) is -1.21. The van der Waals surface area contributed by atoms with E-state index < -0.39 is 11.5 Å². The van der Waals surface area contributed by atoms with Crippen LogP contribution in [0, 0.1) is 6.92 Å². The molecule has 1 amide bonds. The summed E-state index contributed by atoms with van der Waals surface area (Å²) in [4.78, 5) is 23.3. The van der Waals surface area contributed by atoms with Gasteiger partial charge < -0.3 is 10.4 Å². The molecule has 0 heterocycles. The predicted octanol–water partition coefficient (Wildman–Crippen LogP) is 3.41. The van der Waals surface area contributed by atoms with Gasteiger partial charge in [0.1, 0.15) is 0 Å². The number of carboxylic acid groups (broad SMARTS) is 1. The predicted molar refractivity (Wildman–Crippen MR) is 79.2 cm³/mol. The van der Waals surface area contributed by atoms with E-state index in [1.165, 1.54) is 0 Å². The van der Waals surface area contributed by atoms with E-state index in [4.69, 9.17) is 16.7 Å². The van der Waals surface area contributed by atoms with E-state index in [1.54, 1.807) is 18.2 Å². The van der Waals surface area contributed by atoms with Crippen molar-refractivity contribution in [1.29, 1.82) is 0 Å². The zero-order chi connectivity index (χ0) is 15.3. The molecule has 0 aliphatic carbocycles. The van der Waals surface area contributed by atoms with Crippen molar-refractivity contribution >= 4 is 23.5 Å². The summed E-state index contributed by atoms with van der Waals surface area (Å²) >= 11 is 5.94. The SMILES string of the molecule is CCC(CC)(CC(=O)O)NC(=O)c1cc(C)cc(Cl)c1. The number of aryl methyl sites for hydroxylation is 1. The van der Waals surface area contributed by atoms with E-state index in [0.717, 1.165) is 5.56 Å². The van der Waals surface area contributed by atoms with Crippen molar-refractivity contribution < 1.29 is 14.7 Å². The summed E-state index contributed by atoms with van der Waals surface area (Å²) in [5.41, 5.74) is 0.616. The number of carboxylic acids is 1. The fourth-order valence-electron chi connectivity index (χ4n) is 2.19. The normalized spacial score (nSPS) is 11.2. The molecule has 0 radical (unpaired) electrons. The Hall–Kier alpha value is -1.55. The van der Waals surface area contributed by atoms with Crippen molar-refractivity contribution in [3.8, 4) is 0 Å². The number of hydrogen-bond donors (Lipinski definition) is 2. The molecule has 1 aromatic carbocycles. The van der Waals surface area contributed by atoms with Crippen molar-refractivity contribution in [2.75, 3.05) is 0 Å². The molecule has 0 atom stereocenters. The first kappa shape index (κ1) is 16.5. The highest BCUT2D eigenvalue weighted by Gasteiger charge is 2.31. The molecule has 0 aliphatic heterocycles. The molecule has 20 heavy (non-hydrogen) atoms. The van der Waals surface area contributed by atoms with Crippen LogP contribution in [-0.2, 0) is 4.79 Å². The summed E-state index contributed by atoms with van der Waals surface area (Å²) in [7, 11) is 0. The van der Waals surface area contributed by atoms with Gasteiger partial charge in [-0.3, -0.25) is 9.59 Å². The molecule has 0 saturated carbocycles. The highest BCUT2D eigenvalue weighted by molar-refractivity contribution is 6.31. The van der Waals surface area contributed by atoms with Crippen LogP contribution in [0.1, 0.15) is 49.0 Å². The van der Waals surface area contributed by atoms with Crippen LogP contribution in [0.5, 0.6) is 0 Å². The van der Waals surface area contributed by atoms with Crippen LogP contribution in [-0.4, -0.2) is 22.5 Å². The van der Waals surface area contributed by atoms with Gasteiger partial charge >= 0.3 is 5.97 Å². The van der Waals surface area contributed by atoms with Crippen molar-refractivity contribution in [2.24, 2.45) is 0 Å². The van der Waals surface area contributed by atoms with Crippen LogP contribution in [0.2, 0.25) is 5.02 Å². The lowest BCUT2D eigenvalue weighted by molar-refractivity contribution is -0.138. The van der Waals surface area contributed by atoms with Gasteiger partial charge in [-0.05, 0) is 43.5 Å². The Morgan fingerprint density at radius 2 is 1.85 bits per heavy atom. The van der Waals surface area contributed by atoms with E-state index in [0.29, 0.717) is 23.4 Å². The van der Waals surface area contributed by atoms with Crippen LogP contribution in [0.3, 0.4) is 0 Å². The molecule has 4 nitrogen and oxygen atoms in total. The van der Waals surface area contributed by atoms with Gasteiger partial charge in [-0.15, -0.1) is 0 Å². The van der Waals surface area contributed by atoms with E-state index >= 15 is 0 Å². The summed E-state index contributed by atoms with van der Waals surface area (Å²) in [6.07, 6.45) is 1.02. The van der Waals surface area contributed by atoms with Gasteiger partial charge in [0, 0.05) is 10.6 Å². The van der Waals surface area contributed by atoms with Crippen LogP contribution in [0.15, 0.2) is 18.2 Å². The fraction of sp³-hybridized carbons (Fsp3) is 0.467. The van der Waals surface area contributed by atoms with E-state index in [1.807, 2.05) is 20.8 Å². The van der Waals surface area contributed by atoms with E-state index in [2.05, 4.69) is 5.32 Å². The van der Waals surface area contributed by atoms with Crippen molar-refractivity contribution in [2.45, 2.75) is 45.6 Å². The first-order valence-electron chi connectivity index (χ1n) is 6.63. The van der Waals surface area contributed by atoms with Gasteiger partial charge in [-0.25, -0.2) is 0 Å². The Balaban J connectivity index is 2.98. The van der Waals surface area contributed by atoms with E-state index in [9.17, 15) is 9.59 Å². The molecule has 1 aromatic rings. The molecular weight excluding hydrogens is 278 g/mol. The van der Waals surface area contributed by atoms with Crippen LogP contribution in [0.4, 0.5) is 0 Å². The number of benzene rings is 1. The second-order valence-corrected chi connectivity index (χ2v) is 5.47. The smallest absolute Gasteiger partial charge is 0.305 e. The molecule has 0 fully saturated rings. The zero-order valence-electron chi connectivity index (χ0n) is 12.0. The summed E-state index contributed by atoms with van der Waals surface area (Å²) in [6.45, 7) is 5.60. The maximum absolute atomic E-state index is 12.3. The Morgan fingerprint density at radius 3 is 2.30 bits per heavy atom. The van der Waals surface area contributed by atoms with Gasteiger partial charge in [-0.2, -0.15) is 0 Å². The van der Waals surface area contributed by atoms with Gasteiger partial charge in [0.25, 0.3) is 5.91 Å². The molecule has 0 saturated heterocycles. The molecule has 0 aliphatic rings. The molecule has 2 N–H and O–H groups in total. The monoisotopic (exact) mass is 297 g/mol. The Kier molecular flexibility index (Phi) is 5.57. The number of halogens is 1. The molecule has 0 bridgehead atoms. The lowest BCUT2D eigenvalue weighted by atomic mass is 9.88. The van der Waals surface area contributed by atoms with Gasteiger partial charge in [0.15, 0.2) is 0 Å². The average Bonchev–Trinajstić information content (AvgIpc) is 2.36. The minimum absolute atomic E-state index is 0.0920. The largest absolute Gasteiger partial charge is 0.481 e. The molecule has 110 valence electrons. The average molecular weight is 298 g/mol. The van der Waals surface area contributed by atoms with Crippen molar-refractivity contribution in [3.63, 3.8) is 0 Å². The van der Waals surface area contributed by atoms with Crippen LogP contribution < -0.4 is 5.32 Å². The molecule has 0 unspecified atom stereocenters. The first-order chi connectivity index (χ1) is 9.31. The van der Waals surface area contributed by atoms with Crippen molar-refractivity contribution in [1.82, 2.24) is 5.32 Å². The zero-order valence-corrected chi connectivity index (χ0v) is 12.8. The number of amides is 1. The molecular formula is C15H20ClNO3. The Morgan fingerprint density at radius 1 is 1.25 bits per heavy atom. The molecule has 0 aromatic heterocycles. The third-order valence-electron chi connectivity index (χ3n) is 3.53. The van der Waals surface area contributed by atoms with Crippen molar-refractivity contribution in [3.05, 3.63) is 34.3 Å². The maximum atomic E-state index is 12.3. The lowest BCUT2D eigenvalue weighted by Gasteiger charge is -2.31. The molecule has 0 spiro atoms. The topological polar surface area (TPSA) is 66.4 Å². The van der Waals surface area contributed by atoms with Gasteiger partial charge in [0.2, 0.25) is 0 Å². The molecule has 5 heteroatoms. The summed E-state index contributed by atoms with van der Waals surface area (Å²) in [6, 6.07) is 5.08. The van der Waals surface area contributed by atoms with Gasteiger partial charge in [-0.1, -0.05) is 25.4 Å². The summed E-state index contributed by atoms with van der Waals surface area (Å²) < 4.78 is 0. The number of aliphatic carboxylic acids is 1. The van der Waals surface area contributed by atoms with Crippen LogP contribution >= 0.6 is 11.6 Å². The number of carbonyl (C=O) groups is 2. The number of nitrogens with one attached hydrogen (secondary N) is 1. The second-order valence-electron chi connectivity index (χ2n) is 5.03. The minimum atomic E-state index is -0.920. The standard InChI is InChI=1S/C15H20ClNO3/c1-4-15(5-2,9-13(18)19)17-14(20)11-6-10(3)7-12(16)8-11/h6-8H,4-5,9H2,1-3H3,(H,17,20)(H,18,19). The van der Waals surface area contributed by atoms with Gasteiger partial charge in [0.05, 0.1) is 12.0 Å². The number of hydrogen-bond acceptors (Lipinski definition) is 2. The number of rotatable bonds is 6. The third kappa shape index (κ3) is 4.23. The Labute approximate surface area is 124 Å². The summed E-state index contributed by atoms with van der Waals surface area (Å²) in [5, 5.41) is 12.4. The molecule has 1 rings (SSSR count). The lowest BCUT2D eigenvalue weighted by Crippen LogP contribution is -2.49. The minimum Gasteiger partial charge on any atom is -0.481 e. The van der Waals surface area contributed by atoms with Crippen LogP contribution in [0.25, 0.3) is 0 Å². The highest BCUT2D eigenvalue weighted by Crippen LogP contribution is 2.22. The third-order valence-corrected chi connectivity index (χ3v) is 3.74. The first-order valence-corrected chi connectivity index (χ1v) is 7.01. The maximum Gasteiger partial charge on any atom is 0.305 e. The quantitative estimate of drug-likeness (QED) is 0.845. The number of carbonyl (C=O) groups excluding carboxylic acids is 1. The Bertz CT molecular complexity index is 490. The highest BCUT2D eigenvalue weighted by atomic mass is 35.5.